The zero-order chi connectivity index (χ0) is 58.5. The number of hydrogen-bond donors (Lipinski definition) is 0. The Bertz CT molecular complexity index is 1810. The minimum absolute atomic E-state index is 0.0992. The van der Waals surface area contributed by atoms with Gasteiger partial charge in [0, 0.05) is 19.3 Å². The topological polar surface area (TPSA) is 78.9 Å². The smallest absolute Gasteiger partial charge is 0.306 e. The molecule has 0 rings (SSSR count). The summed E-state index contributed by atoms with van der Waals surface area (Å²) in [6.45, 7) is 6.38. The van der Waals surface area contributed by atoms with E-state index in [0.29, 0.717) is 19.3 Å². The van der Waals surface area contributed by atoms with Crippen molar-refractivity contribution in [3.63, 3.8) is 0 Å². The van der Waals surface area contributed by atoms with Gasteiger partial charge in [0.1, 0.15) is 13.2 Å². The predicted octanol–water partition coefficient (Wildman–Crippen LogP) is 22.9. The molecule has 0 aromatic rings. The molecule has 0 spiro atoms. The lowest BCUT2D eigenvalue weighted by Gasteiger charge is -2.18. The standard InChI is InChI=1S/C75H120O6/c1-4-7-10-13-16-19-22-25-27-29-31-33-35-37-39-41-43-45-47-50-53-56-59-62-65-68-74(77)80-71-72(70-79-73(76)67-64-61-58-55-52-49-24-21-18-15-12-9-6-3)81-75(78)69-66-63-60-57-54-51-48-46-44-42-40-38-36-34-32-30-28-26-23-20-17-14-11-8-5-2/h7-8,10-11,16-17,19-20,25-28,31-34,37-40,43-46,50,53,72H,4-6,9,12-15,18,21-24,29-30,35-36,41-42,47-49,51-52,54-71H2,1-3H3/b10-7-,11-8-,19-16-,20-17-,27-25-,28-26-,33-31-,34-32-,39-37-,40-38-,45-43-,46-44-,53-50-. The van der Waals surface area contributed by atoms with Crippen LogP contribution in [0.1, 0.15) is 278 Å². The fraction of sp³-hybridized carbons (Fsp3) is 0.613. The van der Waals surface area contributed by atoms with Gasteiger partial charge >= 0.3 is 17.9 Å². The highest BCUT2D eigenvalue weighted by atomic mass is 16.6. The second kappa shape index (κ2) is 67.5. The molecule has 0 bridgehead atoms. The van der Waals surface area contributed by atoms with Crippen LogP contribution in [0.2, 0.25) is 0 Å². The highest BCUT2D eigenvalue weighted by Crippen LogP contribution is 2.15. The first-order valence-corrected chi connectivity index (χ1v) is 33.0. The highest BCUT2D eigenvalue weighted by Gasteiger charge is 2.19. The van der Waals surface area contributed by atoms with Crippen molar-refractivity contribution in [3.05, 3.63) is 158 Å². The van der Waals surface area contributed by atoms with Crippen molar-refractivity contribution in [1.82, 2.24) is 0 Å². The molecule has 0 saturated carbocycles. The first kappa shape index (κ1) is 76.0. The summed E-state index contributed by atoms with van der Waals surface area (Å²) < 4.78 is 16.9. The van der Waals surface area contributed by atoms with Crippen LogP contribution >= 0.6 is 0 Å². The van der Waals surface area contributed by atoms with Crippen LogP contribution in [0.25, 0.3) is 0 Å². The molecule has 0 saturated heterocycles. The van der Waals surface area contributed by atoms with E-state index in [0.717, 1.165) is 161 Å². The van der Waals surface area contributed by atoms with E-state index >= 15 is 0 Å². The third-order valence-corrected chi connectivity index (χ3v) is 13.5. The Morgan fingerprint density at radius 2 is 0.481 bits per heavy atom. The van der Waals surface area contributed by atoms with Gasteiger partial charge in [0.25, 0.3) is 0 Å². The Morgan fingerprint density at radius 1 is 0.259 bits per heavy atom. The molecule has 6 heteroatoms. The Kier molecular flexibility index (Phi) is 63.4. The molecule has 0 heterocycles. The molecule has 0 aromatic carbocycles. The van der Waals surface area contributed by atoms with E-state index in [1.807, 2.05) is 0 Å². The molecule has 0 amide bonds. The summed E-state index contributed by atoms with van der Waals surface area (Å²) in [7, 11) is 0. The number of esters is 3. The van der Waals surface area contributed by atoms with Gasteiger partial charge in [0.05, 0.1) is 0 Å². The van der Waals surface area contributed by atoms with Gasteiger partial charge < -0.3 is 14.2 Å². The van der Waals surface area contributed by atoms with Gasteiger partial charge in [0.15, 0.2) is 6.10 Å². The minimum Gasteiger partial charge on any atom is -0.462 e. The summed E-state index contributed by atoms with van der Waals surface area (Å²) in [5.41, 5.74) is 0. The number of hydrogen-bond acceptors (Lipinski definition) is 6. The zero-order valence-corrected chi connectivity index (χ0v) is 52.2. The van der Waals surface area contributed by atoms with Crippen LogP contribution in [0.5, 0.6) is 0 Å². The molecule has 0 fully saturated rings. The van der Waals surface area contributed by atoms with Gasteiger partial charge in [-0.25, -0.2) is 0 Å². The Labute approximate surface area is 499 Å². The molecule has 0 aliphatic rings. The largest absolute Gasteiger partial charge is 0.462 e. The summed E-state index contributed by atoms with van der Waals surface area (Å²) >= 11 is 0. The maximum Gasteiger partial charge on any atom is 0.306 e. The van der Waals surface area contributed by atoms with Crippen molar-refractivity contribution < 1.29 is 28.6 Å². The quantitative estimate of drug-likeness (QED) is 0.0261. The number of allylic oxidation sites excluding steroid dienone is 26. The van der Waals surface area contributed by atoms with Crippen LogP contribution in [0.15, 0.2) is 158 Å². The molecule has 6 nitrogen and oxygen atoms in total. The SMILES string of the molecule is CC/C=C\C/C=C\C/C=C\C/C=C\C/C=C\C/C=C\C/C=C\CCCCCC(=O)OCC(COC(=O)CCCCCCCCCCCCCCC)OC(=O)CCCCCCCC/C=C\C/C=C\C/C=C\C/C=C\C/C=C\C/C=C\CC. The van der Waals surface area contributed by atoms with Gasteiger partial charge in [-0.05, 0) is 128 Å². The van der Waals surface area contributed by atoms with E-state index in [1.54, 1.807) is 0 Å². The maximum absolute atomic E-state index is 12.9. The molecule has 0 aliphatic carbocycles. The van der Waals surface area contributed by atoms with E-state index in [2.05, 4.69) is 179 Å². The van der Waals surface area contributed by atoms with E-state index in [1.165, 1.54) is 77.0 Å². The summed E-state index contributed by atoms with van der Waals surface area (Å²) in [5, 5.41) is 0. The lowest BCUT2D eigenvalue weighted by molar-refractivity contribution is -0.167. The summed E-state index contributed by atoms with van der Waals surface area (Å²) in [5.74, 6) is -0.948. The Balaban J connectivity index is 4.47. The average molecular weight is 1120 g/mol. The first-order valence-electron chi connectivity index (χ1n) is 33.0. The molecule has 1 atom stereocenters. The summed E-state index contributed by atoms with van der Waals surface area (Å²) in [6.07, 6.45) is 98.1. The average Bonchev–Trinajstić information content (AvgIpc) is 3.46. The highest BCUT2D eigenvalue weighted by molar-refractivity contribution is 5.71. The first-order chi connectivity index (χ1) is 40.0. The Hall–Kier alpha value is -4.97. The van der Waals surface area contributed by atoms with E-state index in [9.17, 15) is 14.4 Å². The minimum atomic E-state index is -0.808. The fourth-order valence-electron chi connectivity index (χ4n) is 8.66. The van der Waals surface area contributed by atoms with Crippen molar-refractivity contribution >= 4 is 17.9 Å². The molecule has 0 N–H and O–H groups in total. The second-order valence-electron chi connectivity index (χ2n) is 21.3. The van der Waals surface area contributed by atoms with Crippen molar-refractivity contribution in [2.75, 3.05) is 13.2 Å². The monoisotopic (exact) mass is 1120 g/mol. The molecular weight excluding hydrogens is 997 g/mol. The van der Waals surface area contributed by atoms with Crippen molar-refractivity contribution in [2.24, 2.45) is 0 Å². The van der Waals surface area contributed by atoms with Crippen LogP contribution in [-0.2, 0) is 28.6 Å². The van der Waals surface area contributed by atoms with Crippen LogP contribution in [0.4, 0.5) is 0 Å². The van der Waals surface area contributed by atoms with Gasteiger partial charge in [-0.1, -0.05) is 288 Å². The van der Waals surface area contributed by atoms with Crippen molar-refractivity contribution in [2.45, 2.75) is 284 Å². The molecule has 0 aliphatic heterocycles. The van der Waals surface area contributed by atoms with Crippen LogP contribution in [-0.4, -0.2) is 37.2 Å². The number of carbonyl (C=O) groups is 3. The summed E-state index contributed by atoms with van der Waals surface area (Å²) in [6, 6.07) is 0. The number of rotatable bonds is 58. The fourth-order valence-corrected chi connectivity index (χ4v) is 8.66. The van der Waals surface area contributed by atoms with Gasteiger partial charge in [-0.2, -0.15) is 0 Å². The second-order valence-corrected chi connectivity index (χ2v) is 21.3. The molecule has 456 valence electrons. The van der Waals surface area contributed by atoms with Crippen LogP contribution in [0, 0.1) is 0 Å². The molecule has 81 heavy (non-hydrogen) atoms. The normalized spacial score (nSPS) is 13.2. The summed E-state index contributed by atoms with van der Waals surface area (Å²) in [4.78, 5) is 38.4. The van der Waals surface area contributed by atoms with Gasteiger partial charge in [0.2, 0.25) is 0 Å². The van der Waals surface area contributed by atoms with Crippen LogP contribution < -0.4 is 0 Å². The number of carbonyl (C=O) groups excluding carboxylic acids is 3. The number of unbranched alkanes of at least 4 members (excludes halogenated alkanes) is 21. The maximum atomic E-state index is 12.9. The molecule has 0 aromatic heterocycles. The third kappa shape index (κ3) is 65.7. The number of ether oxygens (including phenoxy) is 3. The third-order valence-electron chi connectivity index (χ3n) is 13.5. The van der Waals surface area contributed by atoms with Gasteiger partial charge in [-0.15, -0.1) is 0 Å². The van der Waals surface area contributed by atoms with Crippen LogP contribution in [0.3, 0.4) is 0 Å². The van der Waals surface area contributed by atoms with Crippen molar-refractivity contribution in [1.29, 1.82) is 0 Å². The van der Waals surface area contributed by atoms with E-state index in [4.69, 9.17) is 14.2 Å². The van der Waals surface area contributed by atoms with E-state index < -0.39 is 6.10 Å². The predicted molar refractivity (Wildman–Crippen MR) is 352 cm³/mol. The zero-order valence-electron chi connectivity index (χ0n) is 52.2. The lowest BCUT2D eigenvalue weighted by atomic mass is 10.0. The van der Waals surface area contributed by atoms with Crippen molar-refractivity contribution in [3.8, 4) is 0 Å². The van der Waals surface area contributed by atoms with Gasteiger partial charge in [-0.3, -0.25) is 14.4 Å². The molecule has 0 radical (unpaired) electrons. The Morgan fingerprint density at radius 3 is 0.765 bits per heavy atom. The van der Waals surface area contributed by atoms with E-state index in [-0.39, 0.29) is 31.1 Å². The molecular formula is C75H120O6. The lowest BCUT2D eigenvalue weighted by Crippen LogP contribution is -2.30. The molecule has 1 unspecified atom stereocenters.